The van der Waals surface area contributed by atoms with Gasteiger partial charge in [-0.1, -0.05) is 76.2 Å². The van der Waals surface area contributed by atoms with Crippen LogP contribution in [0.4, 0.5) is 17.1 Å². The molecule has 5 aromatic rings. The van der Waals surface area contributed by atoms with Crippen molar-refractivity contribution in [2.24, 2.45) is 4.74 Å². The zero-order valence-corrected chi connectivity index (χ0v) is 27.3. The number of likely N-dealkylation sites (N-methyl/N-ethyl adjacent to an activating group) is 1. The number of allylic oxidation sites excluding steroid dienone is 1. The molecular formula is C36H40N5O2P. The number of rotatable bonds is 8. The summed E-state index contributed by atoms with van der Waals surface area (Å²) in [4.78, 5) is 14.2. The van der Waals surface area contributed by atoms with Gasteiger partial charge in [0.25, 0.3) is 5.69 Å². The van der Waals surface area contributed by atoms with Gasteiger partial charge < -0.3 is 9.47 Å². The van der Waals surface area contributed by atoms with E-state index in [4.69, 9.17) is 4.74 Å². The van der Waals surface area contributed by atoms with Crippen LogP contribution >= 0.6 is 7.21 Å². The number of fused-ring (bicyclic) bond motifs is 4. The van der Waals surface area contributed by atoms with Gasteiger partial charge >= 0.3 is 0 Å². The molecule has 0 unspecified atom stereocenters. The molecule has 226 valence electrons. The number of para-hydroxylation sites is 3. The highest BCUT2D eigenvalue weighted by Crippen LogP contribution is 2.61. The first-order valence-electron chi connectivity index (χ1n) is 15.4. The molecule has 1 aliphatic rings. The summed E-state index contributed by atoms with van der Waals surface area (Å²) in [5, 5.41) is 15.7. The van der Waals surface area contributed by atoms with Gasteiger partial charge in [0, 0.05) is 76.7 Å². The Balaban J connectivity index is 1.76. The van der Waals surface area contributed by atoms with Gasteiger partial charge in [0.05, 0.1) is 12.1 Å². The fourth-order valence-corrected chi connectivity index (χ4v) is 10.7. The minimum Gasteiger partial charge on any atom is -0.347 e. The summed E-state index contributed by atoms with van der Waals surface area (Å²) >= 11 is 0. The van der Waals surface area contributed by atoms with Gasteiger partial charge in [0.2, 0.25) is 0 Å². The fraction of sp³-hybridized carbons (Fsp3) is 0.278. The van der Waals surface area contributed by atoms with Crippen molar-refractivity contribution in [3.8, 4) is 0 Å². The van der Waals surface area contributed by atoms with Gasteiger partial charge in [0.15, 0.2) is 0 Å². The second kappa shape index (κ2) is 11.4. The monoisotopic (exact) mass is 605 g/mol. The molecule has 8 heteroatoms. The highest BCUT2D eigenvalue weighted by atomic mass is 31.2. The van der Waals surface area contributed by atoms with Gasteiger partial charge in [-0.15, -0.1) is 0 Å². The lowest BCUT2D eigenvalue weighted by Crippen LogP contribution is -2.28. The van der Waals surface area contributed by atoms with Crippen LogP contribution < -0.4 is 10.2 Å². The summed E-state index contributed by atoms with van der Waals surface area (Å²) in [5.74, 6) is 2.37. The SMILES string of the molecule is CCN(CC)[P@](/C=C1\N(C)c2ccccc2C1(C)C)(=Nc1ccccc1[N+](=O)[O-])c1ccc2c(c1)c1ccccc1n2CC. The van der Waals surface area contributed by atoms with E-state index >= 15 is 0 Å². The highest BCUT2D eigenvalue weighted by molar-refractivity contribution is 7.74. The smallest absolute Gasteiger partial charge is 0.294 e. The molecule has 0 saturated carbocycles. The molecule has 0 saturated heterocycles. The van der Waals surface area contributed by atoms with Crippen LogP contribution in [0.3, 0.4) is 0 Å². The van der Waals surface area contributed by atoms with Gasteiger partial charge in [-0.2, -0.15) is 0 Å². The Morgan fingerprint density at radius 2 is 1.55 bits per heavy atom. The molecule has 6 rings (SSSR count). The molecule has 0 aliphatic carbocycles. The third kappa shape index (κ3) is 4.58. The standard InChI is InChI=1S/C36H40N5O2P/c1-7-39(8-2)44(37-30-18-12-15-21-34(30)41(42)43,25-35-36(4,5)29-17-11-14-20-33(29)38(35)6)26-22-23-32-28(24-26)27-16-10-13-19-31(27)40(32)9-3/h10-25H,7-9H2,1-6H3/b35-25-/t44-/m0/s1. The van der Waals surface area contributed by atoms with Crippen molar-refractivity contribution in [2.45, 2.75) is 46.6 Å². The van der Waals surface area contributed by atoms with E-state index in [-0.39, 0.29) is 16.0 Å². The Morgan fingerprint density at radius 1 is 0.886 bits per heavy atom. The molecule has 1 aliphatic heterocycles. The molecule has 0 N–H and O–H groups in total. The first-order valence-corrected chi connectivity index (χ1v) is 17.1. The van der Waals surface area contributed by atoms with Crippen molar-refractivity contribution >= 4 is 51.4 Å². The lowest BCUT2D eigenvalue weighted by atomic mass is 9.84. The number of aryl methyl sites for hydroxylation is 1. The topological polar surface area (TPSA) is 66.9 Å². The summed E-state index contributed by atoms with van der Waals surface area (Å²) < 4.78 is 10.3. The molecular weight excluding hydrogens is 565 g/mol. The molecule has 0 fully saturated rings. The maximum absolute atomic E-state index is 12.3. The number of nitro groups is 1. The minimum absolute atomic E-state index is 0.0217. The van der Waals surface area contributed by atoms with Crippen molar-refractivity contribution < 1.29 is 4.92 Å². The van der Waals surface area contributed by atoms with E-state index in [0.29, 0.717) is 5.69 Å². The van der Waals surface area contributed by atoms with Gasteiger partial charge in [-0.25, -0.2) is 4.74 Å². The van der Waals surface area contributed by atoms with Crippen molar-refractivity contribution in [1.29, 1.82) is 0 Å². The number of aromatic nitrogens is 1. The first-order chi connectivity index (χ1) is 21.2. The summed E-state index contributed by atoms with van der Waals surface area (Å²) in [6.45, 7) is 13.4. The molecule has 0 amide bonds. The minimum atomic E-state index is -2.78. The summed E-state index contributed by atoms with van der Waals surface area (Å²) in [6, 6.07) is 30.7. The van der Waals surface area contributed by atoms with Crippen LogP contribution in [-0.2, 0) is 12.0 Å². The van der Waals surface area contributed by atoms with Crippen LogP contribution in [-0.4, -0.2) is 34.3 Å². The Bertz CT molecular complexity index is 1990. The van der Waals surface area contributed by atoms with Gasteiger partial charge in [-0.3, -0.25) is 14.8 Å². The van der Waals surface area contributed by atoms with E-state index in [0.717, 1.165) is 30.6 Å². The third-order valence-electron chi connectivity index (χ3n) is 9.19. The molecule has 7 nitrogen and oxygen atoms in total. The average molecular weight is 606 g/mol. The van der Waals surface area contributed by atoms with E-state index in [9.17, 15) is 10.1 Å². The molecule has 1 aromatic heterocycles. The van der Waals surface area contributed by atoms with Crippen molar-refractivity contribution in [1.82, 2.24) is 9.24 Å². The highest BCUT2D eigenvalue weighted by Gasteiger charge is 2.41. The maximum atomic E-state index is 12.3. The Labute approximate surface area is 259 Å². The lowest BCUT2D eigenvalue weighted by Gasteiger charge is -2.36. The predicted molar refractivity (Wildman–Crippen MR) is 186 cm³/mol. The zero-order valence-electron chi connectivity index (χ0n) is 26.4. The molecule has 0 radical (unpaired) electrons. The largest absolute Gasteiger partial charge is 0.347 e. The van der Waals surface area contributed by atoms with E-state index in [1.807, 2.05) is 6.07 Å². The molecule has 4 aromatic carbocycles. The van der Waals surface area contributed by atoms with Crippen molar-refractivity contribution in [2.75, 3.05) is 25.0 Å². The summed E-state index contributed by atoms with van der Waals surface area (Å²) in [5.41, 5.74) is 6.11. The van der Waals surface area contributed by atoms with Gasteiger partial charge in [0.1, 0.15) is 5.69 Å². The molecule has 0 bridgehead atoms. The molecule has 0 spiro atoms. The Kier molecular flexibility index (Phi) is 7.73. The third-order valence-corrected chi connectivity index (χ3v) is 12.8. The van der Waals surface area contributed by atoms with Crippen LogP contribution in [0.25, 0.3) is 21.8 Å². The van der Waals surface area contributed by atoms with E-state index in [2.05, 4.69) is 128 Å². The first kappa shape index (κ1) is 29.9. The second-order valence-electron chi connectivity index (χ2n) is 11.8. The zero-order chi connectivity index (χ0) is 31.2. The quantitative estimate of drug-likeness (QED) is 0.100. The number of anilines is 1. The van der Waals surface area contributed by atoms with Gasteiger partial charge in [-0.05, 0) is 54.7 Å². The van der Waals surface area contributed by atoms with Crippen molar-refractivity contribution in [3.05, 3.63) is 118 Å². The average Bonchev–Trinajstić information content (AvgIpc) is 3.45. The Hall–Kier alpha value is -4.19. The summed E-state index contributed by atoms with van der Waals surface area (Å²) in [6.07, 6.45) is 0. The summed E-state index contributed by atoms with van der Waals surface area (Å²) in [7, 11) is -0.658. The lowest BCUT2D eigenvalue weighted by molar-refractivity contribution is -0.384. The van der Waals surface area contributed by atoms with Crippen LogP contribution in [0, 0.1) is 10.1 Å². The van der Waals surface area contributed by atoms with E-state index in [1.54, 1.807) is 18.2 Å². The number of nitro benzene ring substituents is 1. The molecule has 2 heterocycles. The number of hydrogen-bond acceptors (Lipinski definition) is 4. The van der Waals surface area contributed by atoms with Crippen LogP contribution in [0.2, 0.25) is 0 Å². The van der Waals surface area contributed by atoms with E-state index < -0.39 is 7.21 Å². The Morgan fingerprint density at radius 3 is 2.25 bits per heavy atom. The predicted octanol–water partition coefficient (Wildman–Crippen LogP) is 9.41. The maximum Gasteiger partial charge on any atom is 0.294 e. The number of nitrogens with zero attached hydrogens (tertiary/aromatic N) is 5. The van der Waals surface area contributed by atoms with Crippen molar-refractivity contribution in [3.63, 3.8) is 0 Å². The normalized spacial score (nSPS) is 16.5. The van der Waals surface area contributed by atoms with Crippen LogP contribution in [0.15, 0.2) is 107 Å². The second-order valence-corrected chi connectivity index (χ2v) is 14.7. The molecule has 1 atom stereocenters. The number of hydrogen-bond donors (Lipinski definition) is 0. The number of benzene rings is 4. The van der Waals surface area contributed by atoms with Crippen LogP contribution in [0.1, 0.15) is 40.2 Å². The fourth-order valence-electron chi connectivity index (χ4n) is 6.98. The van der Waals surface area contributed by atoms with E-state index in [1.165, 1.54) is 33.1 Å². The van der Waals surface area contributed by atoms with Crippen LogP contribution in [0.5, 0.6) is 0 Å². The molecule has 44 heavy (non-hydrogen) atoms.